The van der Waals surface area contributed by atoms with Crippen LogP contribution in [-0.4, -0.2) is 24.7 Å². The fourth-order valence-corrected chi connectivity index (χ4v) is 2.15. The number of hydrogen-bond donors (Lipinski definition) is 2. The number of aliphatic hydroxyl groups is 1. The quantitative estimate of drug-likeness (QED) is 0.887. The maximum atomic E-state index is 12.4. The summed E-state index contributed by atoms with van der Waals surface area (Å²) >= 11 is 0. The number of aryl methyl sites for hydroxylation is 1. The van der Waals surface area contributed by atoms with Crippen molar-refractivity contribution in [3.05, 3.63) is 65.2 Å². The van der Waals surface area contributed by atoms with Crippen molar-refractivity contribution in [2.24, 2.45) is 0 Å². The van der Waals surface area contributed by atoms with Crippen LogP contribution in [0.3, 0.4) is 0 Å². The molecule has 0 fully saturated rings. The van der Waals surface area contributed by atoms with Crippen LogP contribution in [-0.2, 0) is 0 Å². The lowest BCUT2D eigenvalue weighted by Gasteiger charge is -2.18. The number of hydrogen-bond acceptors (Lipinski definition) is 3. The molecule has 4 heteroatoms. The van der Waals surface area contributed by atoms with Crippen molar-refractivity contribution in [3.63, 3.8) is 0 Å². The summed E-state index contributed by atoms with van der Waals surface area (Å²) in [6, 6.07) is 14.4. The molecular formula is C17H19NO3. The average Bonchev–Trinajstić information content (AvgIpc) is 2.53. The van der Waals surface area contributed by atoms with Crippen LogP contribution >= 0.6 is 0 Å². The van der Waals surface area contributed by atoms with Gasteiger partial charge in [-0.1, -0.05) is 42.0 Å². The highest BCUT2D eigenvalue weighted by Crippen LogP contribution is 2.21. The molecule has 0 aliphatic rings. The summed E-state index contributed by atoms with van der Waals surface area (Å²) in [5, 5.41) is 12.3. The summed E-state index contributed by atoms with van der Waals surface area (Å²) in [6.07, 6.45) is 0. The van der Waals surface area contributed by atoms with Crippen LogP contribution in [0.15, 0.2) is 48.5 Å². The van der Waals surface area contributed by atoms with Gasteiger partial charge in [0.15, 0.2) is 0 Å². The second kappa shape index (κ2) is 6.90. The van der Waals surface area contributed by atoms with Crippen molar-refractivity contribution in [3.8, 4) is 5.75 Å². The van der Waals surface area contributed by atoms with Crippen LogP contribution in [0.4, 0.5) is 0 Å². The molecule has 0 radical (unpaired) electrons. The number of methoxy groups -OCH3 is 1. The molecule has 0 unspecified atom stereocenters. The summed E-state index contributed by atoms with van der Waals surface area (Å²) in [5.74, 6) is 0.251. The SMILES string of the molecule is COc1ccc(C)cc1C(=O)N[C@@H](CO)c1ccccc1. The first-order valence-electron chi connectivity index (χ1n) is 6.77. The van der Waals surface area contributed by atoms with Gasteiger partial charge in [0.1, 0.15) is 5.75 Å². The van der Waals surface area contributed by atoms with Crippen molar-refractivity contribution in [2.75, 3.05) is 13.7 Å². The average molecular weight is 285 g/mol. The van der Waals surface area contributed by atoms with E-state index in [1.807, 2.05) is 43.3 Å². The molecule has 2 N–H and O–H groups in total. The van der Waals surface area contributed by atoms with E-state index < -0.39 is 6.04 Å². The van der Waals surface area contributed by atoms with Gasteiger partial charge in [0.05, 0.1) is 25.3 Å². The Labute approximate surface area is 124 Å². The molecule has 0 spiro atoms. The number of aliphatic hydroxyl groups excluding tert-OH is 1. The molecule has 2 aromatic carbocycles. The van der Waals surface area contributed by atoms with Gasteiger partial charge in [-0.15, -0.1) is 0 Å². The van der Waals surface area contributed by atoms with Crippen LogP contribution in [0.5, 0.6) is 5.75 Å². The third-order valence-electron chi connectivity index (χ3n) is 3.29. The summed E-state index contributed by atoms with van der Waals surface area (Å²) in [7, 11) is 1.53. The first-order chi connectivity index (χ1) is 10.2. The molecule has 0 saturated heterocycles. The van der Waals surface area contributed by atoms with E-state index in [1.54, 1.807) is 12.1 Å². The predicted octanol–water partition coefficient (Wildman–Crippen LogP) is 2.47. The van der Waals surface area contributed by atoms with E-state index in [0.29, 0.717) is 11.3 Å². The molecule has 0 aliphatic heterocycles. The van der Waals surface area contributed by atoms with Gasteiger partial charge in [0, 0.05) is 0 Å². The van der Waals surface area contributed by atoms with Crippen LogP contribution in [0.1, 0.15) is 27.5 Å². The Morgan fingerprint density at radius 1 is 1.24 bits per heavy atom. The molecule has 1 atom stereocenters. The molecule has 0 heterocycles. The lowest BCUT2D eigenvalue weighted by molar-refractivity contribution is 0.0913. The molecule has 21 heavy (non-hydrogen) atoms. The first-order valence-corrected chi connectivity index (χ1v) is 6.77. The van der Waals surface area contributed by atoms with E-state index in [9.17, 15) is 9.90 Å². The van der Waals surface area contributed by atoms with Gasteiger partial charge in [0.2, 0.25) is 0 Å². The second-order valence-corrected chi connectivity index (χ2v) is 4.82. The van der Waals surface area contributed by atoms with Gasteiger partial charge >= 0.3 is 0 Å². The number of ether oxygens (including phenoxy) is 1. The third-order valence-corrected chi connectivity index (χ3v) is 3.29. The topological polar surface area (TPSA) is 58.6 Å². The van der Waals surface area contributed by atoms with Crippen LogP contribution < -0.4 is 10.1 Å². The Hall–Kier alpha value is -2.33. The third kappa shape index (κ3) is 3.61. The molecule has 2 rings (SSSR count). The second-order valence-electron chi connectivity index (χ2n) is 4.82. The largest absolute Gasteiger partial charge is 0.496 e. The van der Waals surface area contributed by atoms with Gasteiger partial charge in [-0.25, -0.2) is 0 Å². The molecule has 0 saturated carbocycles. The van der Waals surface area contributed by atoms with Gasteiger partial charge in [-0.05, 0) is 24.6 Å². The Kier molecular flexibility index (Phi) is 4.95. The number of benzene rings is 2. The Bertz CT molecular complexity index is 611. The summed E-state index contributed by atoms with van der Waals surface area (Å²) < 4.78 is 5.22. The molecule has 0 aromatic heterocycles. The number of carbonyl (C=O) groups excluding carboxylic acids is 1. The minimum atomic E-state index is -0.441. The zero-order valence-corrected chi connectivity index (χ0v) is 12.2. The predicted molar refractivity (Wildman–Crippen MR) is 81.5 cm³/mol. The Morgan fingerprint density at radius 2 is 1.95 bits per heavy atom. The van der Waals surface area contributed by atoms with Crippen molar-refractivity contribution in [1.29, 1.82) is 0 Å². The van der Waals surface area contributed by atoms with E-state index in [2.05, 4.69) is 5.32 Å². The number of rotatable bonds is 5. The number of nitrogens with one attached hydrogen (secondary N) is 1. The van der Waals surface area contributed by atoms with E-state index in [4.69, 9.17) is 4.74 Å². The van der Waals surface area contributed by atoms with Gasteiger partial charge in [-0.2, -0.15) is 0 Å². The molecule has 0 bridgehead atoms. The lowest BCUT2D eigenvalue weighted by Crippen LogP contribution is -2.31. The molecule has 2 aromatic rings. The minimum absolute atomic E-state index is 0.163. The highest BCUT2D eigenvalue weighted by molar-refractivity contribution is 5.97. The fourth-order valence-electron chi connectivity index (χ4n) is 2.15. The zero-order valence-electron chi connectivity index (χ0n) is 12.2. The van der Waals surface area contributed by atoms with E-state index in [0.717, 1.165) is 11.1 Å². The van der Waals surface area contributed by atoms with Crippen molar-refractivity contribution in [2.45, 2.75) is 13.0 Å². The standard InChI is InChI=1S/C17H19NO3/c1-12-8-9-16(21-2)14(10-12)17(20)18-15(11-19)13-6-4-3-5-7-13/h3-10,15,19H,11H2,1-2H3,(H,18,20)/t15-/m0/s1. The summed E-state index contributed by atoms with van der Waals surface area (Å²) in [6.45, 7) is 1.75. The minimum Gasteiger partial charge on any atom is -0.496 e. The van der Waals surface area contributed by atoms with Crippen molar-refractivity contribution in [1.82, 2.24) is 5.32 Å². The van der Waals surface area contributed by atoms with Gasteiger partial charge < -0.3 is 15.2 Å². The van der Waals surface area contributed by atoms with E-state index in [1.165, 1.54) is 7.11 Å². The number of amides is 1. The number of carbonyl (C=O) groups is 1. The monoisotopic (exact) mass is 285 g/mol. The van der Waals surface area contributed by atoms with Gasteiger partial charge in [-0.3, -0.25) is 4.79 Å². The van der Waals surface area contributed by atoms with Crippen molar-refractivity contribution >= 4 is 5.91 Å². The highest BCUT2D eigenvalue weighted by Gasteiger charge is 2.17. The smallest absolute Gasteiger partial charge is 0.255 e. The lowest BCUT2D eigenvalue weighted by atomic mass is 10.1. The fraction of sp³-hybridized carbons (Fsp3) is 0.235. The van der Waals surface area contributed by atoms with Crippen molar-refractivity contribution < 1.29 is 14.6 Å². The molecule has 4 nitrogen and oxygen atoms in total. The van der Waals surface area contributed by atoms with E-state index >= 15 is 0 Å². The molecule has 1 amide bonds. The Morgan fingerprint density at radius 3 is 2.57 bits per heavy atom. The van der Waals surface area contributed by atoms with E-state index in [-0.39, 0.29) is 12.5 Å². The zero-order chi connectivity index (χ0) is 15.2. The highest BCUT2D eigenvalue weighted by atomic mass is 16.5. The van der Waals surface area contributed by atoms with Gasteiger partial charge in [0.25, 0.3) is 5.91 Å². The first kappa shape index (κ1) is 15.1. The maximum Gasteiger partial charge on any atom is 0.255 e. The normalized spacial score (nSPS) is 11.8. The van der Waals surface area contributed by atoms with Crippen LogP contribution in [0, 0.1) is 6.92 Å². The molecule has 110 valence electrons. The summed E-state index contributed by atoms with van der Waals surface area (Å²) in [4.78, 5) is 12.4. The maximum absolute atomic E-state index is 12.4. The van der Waals surface area contributed by atoms with Crippen LogP contribution in [0.2, 0.25) is 0 Å². The molecule has 0 aliphatic carbocycles. The Balaban J connectivity index is 2.22. The summed E-state index contributed by atoms with van der Waals surface area (Å²) in [5.41, 5.74) is 2.30. The molecular weight excluding hydrogens is 266 g/mol. The van der Waals surface area contributed by atoms with Crippen LogP contribution in [0.25, 0.3) is 0 Å².